The molecule has 1 amide bonds. The summed E-state index contributed by atoms with van der Waals surface area (Å²) in [5.41, 5.74) is 7.15. The largest absolute Gasteiger partial charge is 0.457 e. The van der Waals surface area contributed by atoms with Gasteiger partial charge in [-0.3, -0.25) is 5.32 Å². The van der Waals surface area contributed by atoms with E-state index < -0.39 is 6.09 Å². The van der Waals surface area contributed by atoms with Crippen LogP contribution in [0.3, 0.4) is 0 Å². The molecule has 0 saturated carbocycles. The number of nitrogen functional groups attached to an aromatic ring is 1. The summed E-state index contributed by atoms with van der Waals surface area (Å²) < 4.78 is 10.8. The standard InChI is InChI=1S/C19H17N3O3/c20-18-12-17(10-11-21-18)25-16-8-6-15(7-9-16)22-19(23)24-13-14-4-2-1-3-5-14/h1-12H,13H2,(H2,20,21)(H,22,23). The number of hydrogen-bond acceptors (Lipinski definition) is 5. The molecule has 0 saturated heterocycles. The lowest BCUT2D eigenvalue weighted by molar-refractivity contribution is 0.155. The van der Waals surface area contributed by atoms with Crippen LogP contribution >= 0.6 is 0 Å². The molecule has 0 aliphatic carbocycles. The fraction of sp³-hybridized carbons (Fsp3) is 0.0526. The van der Waals surface area contributed by atoms with Crippen LogP contribution in [0, 0.1) is 0 Å². The van der Waals surface area contributed by atoms with Crippen molar-refractivity contribution in [3.63, 3.8) is 0 Å². The van der Waals surface area contributed by atoms with Gasteiger partial charge in [-0.05, 0) is 35.9 Å². The second-order valence-corrected chi connectivity index (χ2v) is 5.23. The van der Waals surface area contributed by atoms with Gasteiger partial charge in [-0.25, -0.2) is 9.78 Å². The van der Waals surface area contributed by atoms with E-state index >= 15 is 0 Å². The highest BCUT2D eigenvalue weighted by molar-refractivity contribution is 5.84. The molecule has 0 radical (unpaired) electrons. The topological polar surface area (TPSA) is 86.5 Å². The third kappa shape index (κ3) is 4.97. The van der Waals surface area contributed by atoms with Crippen molar-refractivity contribution >= 4 is 17.6 Å². The first kappa shape index (κ1) is 16.3. The lowest BCUT2D eigenvalue weighted by Gasteiger charge is -2.09. The molecule has 3 N–H and O–H groups in total. The number of benzene rings is 2. The van der Waals surface area contributed by atoms with Crippen molar-refractivity contribution < 1.29 is 14.3 Å². The number of nitrogens with two attached hydrogens (primary N) is 1. The Morgan fingerprint density at radius 2 is 1.76 bits per heavy atom. The number of hydrogen-bond donors (Lipinski definition) is 2. The Bertz CT molecular complexity index is 836. The van der Waals surface area contributed by atoms with E-state index in [9.17, 15) is 4.79 Å². The second-order valence-electron chi connectivity index (χ2n) is 5.23. The molecule has 25 heavy (non-hydrogen) atoms. The van der Waals surface area contributed by atoms with E-state index in [1.54, 1.807) is 42.6 Å². The number of anilines is 2. The van der Waals surface area contributed by atoms with Crippen LogP contribution in [0.2, 0.25) is 0 Å². The lowest BCUT2D eigenvalue weighted by Crippen LogP contribution is -2.13. The Morgan fingerprint density at radius 3 is 2.48 bits per heavy atom. The zero-order valence-corrected chi connectivity index (χ0v) is 13.4. The van der Waals surface area contributed by atoms with Gasteiger partial charge >= 0.3 is 6.09 Å². The van der Waals surface area contributed by atoms with Crippen molar-refractivity contribution in [3.8, 4) is 11.5 Å². The first-order valence-electron chi connectivity index (χ1n) is 7.66. The molecule has 1 heterocycles. The maximum Gasteiger partial charge on any atom is 0.411 e. The quantitative estimate of drug-likeness (QED) is 0.729. The predicted molar refractivity (Wildman–Crippen MR) is 95.4 cm³/mol. The van der Waals surface area contributed by atoms with Crippen molar-refractivity contribution in [3.05, 3.63) is 78.5 Å². The molecule has 0 fully saturated rings. The maximum atomic E-state index is 11.8. The van der Waals surface area contributed by atoms with Crippen molar-refractivity contribution in [2.75, 3.05) is 11.1 Å². The van der Waals surface area contributed by atoms with E-state index in [-0.39, 0.29) is 6.61 Å². The van der Waals surface area contributed by atoms with Crippen molar-refractivity contribution in [2.45, 2.75) is 6.61 Å². The van der Waals surface area contributed by atoms with E-state index in [4.69, 9.17) is 15.2 Å². The summed E-state index contributed by atoms with van der Waals surface area (Å²) >= 11 is 0. The summed E-state index contributed by atoms with van der Waals surface area (Å²) in [6, 6.07) is 19.8. The number of nitrogens with zero attached hydrogens (tertiary/aromatic N) is 1. The Kier molecular flexibility index (Phi) is 5.11. The lowest BCUT2D eigenvalue weighted by atomic mass is 10.2. The number of rotatable bonds is 5. The molecule has 0 aliphatic heterocycles. The molecule has 0 aliphatic rings. The third-order valence-electron chi connectivity index (χ3n) is 3.30. The molecular weight excluding hydrogens is 318 g/mol. The molecule has 0 spiro atoms. The highest BCUT2D eigenvalue weighted by Gasteiger charge is 2.04. The minimum atomic E-state index is -0.514. The van der Waals surface area contributed by atoms with Crippen LogP contribution < -0.4 is 15.8 Å². The Labute approximate surface area is 145 Å². The molecule has 2 aromatic carbocycles. The van der Waals surface area contributed by atoms with Gasteiger partial charge in [0.05, 0.1) is 0 Å². The van der Waals surface area contributed by atoms with Gasteiger partial charge in [0, 0.05) is 18.0 Å². The number of carbonyl (C=O) groups is 1. The van der Waals surface area contributed by atoms with E-state index in [0.29, 0.717) is 23.0 Å². The zero-order chi connectivity index (χ0) is 17.5. The first-order valence-corrected chi connectivity index (χ1v) is 7.66. The van der Waals surface area contributed by atoms with Gasteiger partial charge in [0.25, 0.3) is 0 Å². The zero-order valence-electron chi connectivity index (χ0n) is 13.4. The Morgan fingerprint density at radius 1 is 1.00 bits per heavy atom. The van der Waals surface area contributed by atoms with Crippen molar-refractivity contribution in [1.29, 1.82) is 0 Å². The van der Waals surface area contributed by atoms with Gasteiger partial charge in [0.2, 0.25) is 0 Å². The molecule has 3 rings (SSSR count). The van der Waals surface area contributed by atoms with Gasteiger partial charge in [-0.15, -0.1) is 0 Å². The third-order valence-corrected chi connectivity index (χ3v) is 3.30. The van der Waals surface area contributed by atoms with Gasteiger partial charge in [-0.1, -0.05) is 30.3 Å². The average molecular weight is 335 g/mol. The van der Waals surface area contributed by atoms with Gasteiger partial charge < -0.3 is 15.2 Å². The molecule has 0 unspecified atom stereocenters. The van der Waals surface area contributed by atoms with Crippen LogP contribution in [-0.2, 0) is 11.3 Å². The Balaban J connectivity index is 1.52. The minimum Gasteiger partial charge on any atom is -0.457 e. The van der Waals surface area contributed by atoms with Gasteiger partial charge in [0.15, 0.2) is 0 Å². The number of carbonyl (C=O) groups excluding carboxylic acids is 1. The molecule has 0 bridgehead atoms. The van der Waals surface area contributed by atoms with E-state index in [1.807, 2.05) is 30.3 Å². The number of aromatic nitrogens is 1. The highest BCUT2D eigenvalue weighted by atomic mass is 16.5. The smallest absolute Gasteiger partial charge is 0.411 e. The number of amides is 1. The molecule has 6 nitrogen and oxygen atoms in total. The molecule has 126 valence electrons. The van der Waals surface area contributed by atoms with Crippen LogP contribution in [0.1, 0.15) is 5.56 Å². The summed E-state index contributed by atoms with van der Waals surface area (Å²) in [7, 11) is 0. The van der Waals surface area contributed by atoms with Crippen LogP contribution in [0.4, 0.5) is 16.3 Å². The first-order chi connectivity index (χ1) is 12.2. The van der Waals surface area contributed by atoms with E-state index in [1.165, 1.54) is 0 Å². The second kappa shape index (κ2) is 7.83. The highest BCUT2D eigenvalue weighted by Crippen LogP contribution is 2.23. The summed E-state index contributed by atoms with van der Waals surface area (Å²) in [5, 5.41) is 2.67. The van der Waals surface area contributed by atoms with Gasteiger partial charge in [0.1, 0.15) is 23.9 Å². The van der Waals surface area contributed by atoms with Crippen molar-refractivity contribution in [2.24, 2.45) is 0 Å². The molecule has 6 heteroatoms. The number of pyridine rings is 1. The van der Waals surface area contributed by atoms with E-state index in [0.717, 1.165) is 5.56 Å². The van der Waals surface area contributed by atoms with Crippen molar-refractivity contribution in [1.82, 2.24) is 4.98 Å². The predicted octanol–water partition coefficient (Wildman–Crippen LogP) is 4.20. The molecular formula is C19H17N3O3. The normalized spacial score (nSPS) is 10.1. The number of nitrogens with one attached hydrogen (secondary N) is 1. The Hall–Kier alpha value is -3.54. The van der Waals surface area contributed by atoms with Crippen LogP contribution in [0.5, 0.6) is 11.5 Å². The molecule has 0 atom stereocenters. The van der Waals surface area contributed by atoms with E-state index in [2.05, 4.69) is 10.3 Å². The molecule has 3 aromatic rings. The SMILES string of the molecule is Nc1cc(Oc2ccc(NC(=O)OCc3ccccc3)cc2)ccn1. The summed E-state index contributed by atoms with van der Waals surface area (Å²) in [5.74, 6) is 1.60. The number of ether oxygens (including phenoxy) is 2. The molecule has 1 aromatic heterocycles. The summed E-state index contributed by atoms with van der Waals surface area (Å²) in [6.45, 7) is 0.220. The maximum absolute atomic E-state index is 11.8. The average Bonchev–Trinajstić information content (AvgIpc) is 2.63. The van der Waals surface area contributed by atoms with Crippen LogP contribution in [0.15, 0.2) is 72.9 Å². The van der Waals surface area contributed by atoms with Crippen LogP contribution in [0.25, 0.3) is 0 Å². The van der Waals surface area contributed by atoms with Gasteiger partial charge in [-0.2, -0.15) is 0 Å². The fourth-order valence-electron chi connectivity index (χ4n) is 2.11. The van der Waals surface area contributed by atoms with Crippen LogP contribution in [-0.4, -0.2) is 11.1 Å². The summed E-state index contributed by atoms with van der Waals surface area (Å²) in [4.78, 5) is 15.7. The minimum absolute atomic E-state index is 0.220. The monoisotopic (exact) mass is 335 g/mol. The fourth-order valence-corrected chi connectivity index (χ4v) is 2.11. The summed E-state index contributed by atoms with van der Waals surface area (Å²) in [6.07, 6.45) is 1.06.